The van der Waals surface area contributed by atoms with E-state index in [-0.39, 0.29) is 5.82 Å². The highest BCUT2D eigenvalue weighted by molar-refractivity contribution is 8.01. The van der Waals surface area contributed by atoms with Gasteiger partial charge in [0.2, 0.25) is 0 Å². The highest BCUT2D eigenvalue weighted by Gasteiger charge is 2.16. The predicted molar refractivity (Wildman–Crippen MR) is 124 cm³/mol. The Labute approximate surface area is 179 Å². The van der Waals surface area contributed by atoms with E-state index in [1.54, 1.807) is 35.7 Å². The van der Waals surface area contributed by atoms with Gasteiger partial charge >= 0.3 is 0 Å². The van der Waals surface area contributed by atoms with Crippen LogP contribution >= 0.6 is 11.3 Å². The number of pyridine rings is 1. The molecule has 0 radical (unpaired) electrons. The molecule has 0 aliphatic heterocycles. The minimum absolute atomic E-state index is 0.304. The highest BCUT2D eigenvalue weighted by Crippen LogP contribution is 2.38. The van der Waals surface area contributed by atoms with E-state index >= 15 is 0 Å². The predicted octanol–water partition coefficient (Wildman–Crippen LogP) is 5.68. The van der Waals surface area contributed by atoms with Crippen molar-refractivity contribution in [2.45, 2.75) is 18.2 Å². The normalized spacial score (nSPS) is 13.0. The first-order valence-electron chi connectivity index (χ1n) is 9.38. The van der Waals surface area contributed by atoms with Crippen molar-refractivity contribution < 1.29 is 8.60 Å². The summed E-state index contributed by atoms with van der Waals surface area (Å²) in [6.45, 7) is 2.04. The number of benzene rings is 2. The molecule has 0 saturated carbocycles. The van der Waals surface area contributed by atoms with E-state index in [4.69, 9.17) is 4.98 Å². The number of aromatic nitrogens is 2. The van der Waals surface area contributed by atoms with Crippen LogP contribution in [0.15, 0.2) is 77.8 Å². The standard InChI is InChI=1S/C23H20FN3OS2/c1-3-21-26-22(16-8-7-9-18(24)14-16)23(29-21)17-12-13-25-20(15-17)27-30(2,28)19-10-5-4-6-11-19/h4-15H,2-3H2,1H3,(H,25,27,28). The third-order valence-electron chi connectivity index (χ3n) is 4.49. The molecule has 0 aliphatic carbocycles. The number of anilines is 1. The van der Waals surface area contributed by atoms with Crippen molar-refractivity contribution in [3.63, 3.8) is 0 Å². The molecule has 4 rings (SSSR count). The molecular formula is C23H20FN3OS2. The quantitative estimate of drug-likeness (QED) is 0.395. The number of nitrogens with zero attached hydrogens (tertiary/aromatic N) is 2. The first-order chi connectivity index (χ1) is 14.5. The van der Waals surface area contributed by atoms with E-state index in [9.17, 15) is 8.60 Å². The number of thiazole rings is 1. The van der Waals surface area contributed by atoms with Crippen LogP contribution in [0.3, 0.4) is 0 Å². The second-order valence-electron chi connectivity index (χ2n) is 6.67. The fourth-order valence-electron chi connectivity index (χ4n) is 3.04. The van der Waals surface area contributed by atoms with Gasteiger partial charge in [-0.1, -0.05) is 37.3 Å². The Balaban J connectivity index is 1.74. The fourth-order valence-corrected chi connectivity index (χ4v) is 5.22. The van der Waals surface area contributed by atoms with Crippen molar-refractivity contribution in [3.8, 4) is 21.7 Å². The largest absolute Gasteiger partial charge is 0.294 e. The molecule has 2 heterocycles. The number of rotatable bonds is 6. The molecule has 0 saturated heterocycles. The van der Waals surface area contributed by atoms with Crippen LogP contribution in [0.2, 0.25) is 0 Å². The summed E-state index contributed by atoms with van der Waals surface area (Å²) < 4.78 is 29.8. The minimum atomic E-state index is -2.75. The number of halogens is 1. The van der Waals surface area contributed by atoms with Crippen molar-refractivity contribution >= 4 is 32.7 Å². The van der Waals surface area contributed by atoms with Gasteiger partial charge in [0.1, 0.15) is 11.6 Å². The molecule has 0 spiro atoms. The molecule has 4 aromatic rings. The molecule has 0 bridgehead atoms. The molecule has 2 aromatic heterocycles. The van der Waals surface area contributed by atoms with Gasteiger partial charge in [0.15, 0.2) is 0 Å². The molecule has 0 amide bonds. The number of nitrogens with one attached hydrogen (secondary N) is 1. The lowest BCUT2D eigenvalue weighted by atomic mass is 10.1. The second-order valence-corrected chi connectivity index (χ2v) is 9.78. The summed E-state index contributed by atoms with van der Waals surface area (Å²) in [6.07, 6.45) is 2.43. The van der Waals surface area contributed by atoms with Crippen LogP contribution in [0.25, 0.3) is 21.7 Å². The van der Waals surface area contributed by atoms with Crippen molar-refractivity contribution in [2.75, 3.05) is 4.72 Å². The smallest absolute Gasteiger partial charge is 0.138 e. The maximum absolute atomic E-state index is 13.8. The van der Waals surface area contributed by atoms with Crippen LogP contribution in [-0.2, 0) is 16.1 Å². The molecule has 1 unspecified atom stereocenters. The number of hydrogen-bond donors (Lipinski definition) is 1. The Bertz CT molecular complexity index is 1280. The molecule has 2 aromatic carbocycles. The Morgan fingerprint density at radius 2 is 1.87 bits per heavy atom. The lowest BCUT2D eigenvalue weighted by Crippen LogP contribution is -2.13. The van der Waals surface area contributed by atoms with Crippen LogP contribution in [0.5, 0.6) is 0 Å². The van der Waals surface area contributed by atoms with Gasteiger partial charge in [-0.05, 0) is 54.3 Å². The first kappa shape index (κ1) is 20.3. The van der Waals surface area contributed by atoms with Gasteiger partial charge in [0.05, 0.1) is 25.3 Å². The molecule has 1 N–H and O–H groups in total. The van der Waals surface area contributed by atoms with Gasteiger partial charge in [-0.25, -0.2) is 18.6 Å². The van der Waals surface area contributed by atoms with Crippen LogP contribution in [0.4, 0.5) is 10.2 Å². The van der Waals surface area contributed by atoms with Gasteiger partial charge in [0.25, 0.3) is 0 Å². The average molecular weight is 438 g/mol. The third kappa shape index (κ3) is 4.27. The number of aryl methyl sites for hydroxylation is 1. The topological polar surface area (TPSA) is 54.9 Å². The van der Waals surface area contributed by atoms with E-state index < -0.39 is 9.71 Å². The Morgan fingerprint density at radius 3 is 2.60 bits per heavy atom. The summed E-state index contributed by atoms with van der Waals surface area (Å²) in [5.74, 6) is 4.00. The van der Waals surface area contributed by atoms with Crippen LogP contribution in [0.1, 0.15) is 11.9 Å². The molecule has 7 heteroatoms. The molecule has 152 valence electrons. The number of hydrogen-bond acceptors (Lipinski definition) is 4. The lowest BCUT2D eigenvalue weighted by Gasteiger charge is -2.13. The molecule has 1 atom stereocenters. The Morgan fingerprint density at radius 1 is 1.07 bits per heavy atom. The van der Waals surface area contributed by atoms with Gasteiger partial charge in [-0.3, -0.25) is 4.72 Å². The summed E-state index contributed by atoms with van der Waals surface area (Å²) in [4.78, 5) is 10.5. The maximum Gasteiger partial charge on any atom is 0.138 e. The summed E-state index contributed by atoms with van der Waals surface area (Å²) in [5.41, 5.74) is 2.32. The van der Waals surface area contributed by atoms with Gasteiger partial charge in [0, 0.05) is 16.7 Å². The van der Waals surface area contributed by atoms with E-state index in [0.717, 1.165) is 33.1 Å². The summed E-state index contributed by atoms with van der Waals surface area (Å²) in [6, 6.07) is 19.2. The summed E-state index contributed by atoms with van der Waals surface area (Å²) in [7, 11) is -2.75. The molecule has 4 nitrogen and oxygen atoms in total. The highest BCUT2D eigenvalue weighted by atomic mass is 32.2. The fraction of sp³-hybridized carbons (Fsp3) is 0.0870. The molecular weight excluding hydrogens is 417 g/mol. The van der Waals surface area contributed by atoms with Gasteiger partial charge in [-0.15, -0.1) is 11.3 Å². The van der Waals surface area contributed by atoms with Crippen molar-refractivity contribution in [3.05, 3.63) is 83.8 Å². The zero-order valence-corrected chi connectivity index (χ0v) is 18.0. The van der Waals surface area contributed by atoms with Crippen LogP contribution in [-0.4, -0.2) is 20.0 Å². The Kier molecular flexibility index (Phi) is 5.65. The zero-order chi connectivity index (χ0) is 21.1. The Hall–Kier alpha value is -3.03. The second kappa shape index (κ2) is 8.38. The molecule has 0 fully saturated rings. The average Bonchev–Trinajstić information content (AvgIpc) is 3.19. The maximum atomic E-state index is 13.8. The summed E-state index contributed by atoms with van der Waals surface area (Å²) in [5, 5.41) is 0.959. The van der Waals surface area contributed by atoms with Crippen molar-refractivity contribution in [1.29, 1.82) is 0 Å². The third-order valence-corrected chi connectivity index (χ3v) is 7.31. The monoisotopic (exact) mass is 437 g/mol. The van der Waals surface area contributed by atoms with E-state index in [2.05, 4.69) is 15.6 Å². The molecule has 30 heavy (non-hydrogen) atoms. The SMILES string of the molecule is C=S(=O)(Nc1cc(-c2sc(CC)nc2-c2cccc(F)c2)ccn1)c1ccccc1. The van der Waals surface area contributed by atoms with E-state index in [1.807, 2.05) is 43.3 Å². The minimum Gasteiger partial charge on any atom is -0.294 e. The lowest BCUT2D eigenvalue weighted by molar-refractivity contribution is 0.628. The van der Waals surface area contributed by atoms with Gasteiger partial charge in [-0.2, -0.15) is 0 Å². The first-order valence-corrected chi connectivity index (χ1v) is 11.9. The van der Waals surface area contributed by atoms with Crippen molar-refractivity contribution in [1.82, 2.24) is 9.97 Å². The van der Waals surface area contributed by atoms with E-state index in [0.29, 0.717) is 10.7 Å². The van der Waals surface area contributed by atoms with Crippen LogP contribution < -0.4 is 4.72 Å². The molecule has 0 aliphatic rings. The van der Waals surface area contributed by atoms with E-state index in [1.165, 1.54) is 12.1 Å². The van der Waals surface area contributed by atoms with Gasteiger partial charge < -0.3 is 0 Å². The van der Waals surface area contributed by atoms with Crippen molar-refractivity contribution in [2.24, 2.45) is 0 Å². The summed E-state index contributed by atoms with van der Waals surface area (Å²) >= 11 is 1.56. The zero-order valence-electron chi connectivity index (χ0n) is 16.3. The van der Waals surface area contributed by atoms with Crippen LogP contribution in [0, 0.1) is 5.82 Å².